The third-order valence-corrected chi connectivity index (χ3v) is 5.28. The Morgan fingerprint density at radius 1 is 1.10 bits per heavy atom. The SMILES string of the molecule is COc1ccc([C@@H](CNC(=O)c2ccc(-n3cnnn3)cc2)N2CCCC2)cc1. The quantitative estimate of drug-likeness (QED) is 0.664. The van der Waals surface area contributed by atoms with Crippen molar-refractivity contribution in [3.8, 4) is 11.4 Å². The Morgan fingerprint density at radius 3 is 2.45 bits per heavy atom. The van der Waals surface area contributed by atoms with Crippen molar-refractivity contribution in [2.45, 2.75) is 18.9 Å². The van der Waals surface area contributed by atoms with Crippen LogP contribution in [0.2, 0.25) is 0 Å². The van der Waals surface area contributed by atoms with E-state index in [1.807, 2.05) is 24.3 Å². The van der Waals surface area contributed by atoms with E-state index in [2.05, 4.69) is 37.9 Å². The first-order valence-electron chi connectivity index (χ1n) is 9.74. The van der Waals surface area contributed by atoms with Gasteiger partial charge in [0.15, 0.2) is 0 Å². The van der Waals surface area contributed by atoms with Crippen molar-refractivity contribution in [3.63, 3.8) is 0 Å². The molecule has 0 bridgehead atoms. The molecule has 150 valence electrons. The third kappa shape index (κ3) is 4.43. The molecule has 29 heavy (non-hydrogen) atoms. The molecule has 1 fully saturated rings. The van der Waals surface area contributed by atoms with Crippen LogP contribution in [0, 0.1) is 0 Å². The van der Waals surface area contributed by atoms with Crippen molar-refractivity contribution in [2.24, 2.45) is 0 Å². The summed E-state index contributed by atoms with van der Waals surface area (Å²) >= 11 is 0. The average Bonchev–Trinajstić information content (AvgIpc) is 3.49. The van der Waals surface area contributed by atoms with Crippen molar-refractivity contribution >= 4 is 5.91 Å². The lowest BCUT2D eigenvalue weighted by Crippen LogP contribution is -2.36. The van der Waals surface area contributed by atoms with Gasteiger partial charge in [0.1, 0.15) is 12.1 Å². The molecule has 0 saturated carbocycles. The number of nitrogens with one attached hydrogen (secondary N) is 1. The van der Waals surface area contributed by atoms with Crippen LogP contribution in [0.3, 0.4) is 0 Å². The predicted octanol–water partition coefficient (Wildman–Crippen LogP) is 2.24. The minimum absolute atomic E-state index is 0.0917. The second-order valence-electron chi connectivity index (χ2n) is 7.04. The fraction of sp³-hybridized carbons (Fsp3) is 0.333. The molecule has 3 aromatic rings. The van der Waals surface area contributed by atoms with E-state index in [0.717, 1.165) is 24.5 Å². The molecule has 1 aliphatic rings. The number of hydrogen-bond acceptors (Lipinski definition) is 6. The van der Waals surface area contributed by atoms with E-state index < -0.39 is 0 Å². The highest BCUT2D eigenvalue weighted by molar-refractivity contribution is 5.94. The Bertz CT molecular complexity index is 919. The highest BCUT2D eigenvalue weighted by atomic mass is 16.5. The van der Waals surface area contributed by atoms with Gasteiger partial charge in [-0.25, -0.2) is 4.68 Å². The van der Waals surface area contributed by atoms with Crippen LogP contribution in [0.4, 0.5) is 0 Å². The second kappa shape index (κ2) is 8.83. The Labute approximate surface area is 169 Å². The van der Waals surface area contributed by atoms with Gasteiger partial charge in [-0.05, 0) is 78.3 Å². The highest BCUT2D eigenvalue weighted by Crippen LogP contribution is 2.26. The van der Waals surface area contributed by atoms with E-state index in [1.54, 1.807) is 23.9 Å². The van der Waals surface area contributed by atoms with Crippen molar-refractivity contribution in [1.29, 1.82) is 0 Å². The smallest absolute Gasteiger partial charge is 0.251 e. The van der Waals surface area contributed by atoms with Gasteiger partial charge in [0, 0.05) is 12.1 Å². The van der Waals surface area contributed by atoms with Gasteiger partial charge in [-0.3, -0.25) is 9.69 Å². The van der Waals surface area contributed by atoms with Crippen LogP contribution in [0.1, 0.15) is 34.8 Å². The van der Waals surface area contributed by atoms with Crippen molar-refractivity contribution in [3.05, 3.63) is 66.0 Å². The summed E-state index contributed by atoms with van der Waals surface area (Å²) in [5, 5.41) is 14.2. The minimum atomic E-state index is -0.0917. The number of amides is 1. The number of likely N-dealkylation sites (tertiary alicyclic amines) is 1. The molecule has 2 heterocycles. The number of hydrogen-bond donors (Lipinski definition) is 1. The van der Waals surface area contributed by atoms with E-state index >= 15 is 0 Å². The first-order valence-corrected chi connectivity index (χ1v) is 9.74. The first-order chi connectivity index (χ1) is 14.2. The number of nitrogens with zero attached hydrogens (tertiary/aromatic N) is 5. The van der Waals surface area contributed by atoms with Crippen LogP contribution in [0.15, 0.2) is 54.9 Å². The number of aromatic nitrogens is 4. The number of rotatable bonds is 7. The molecule has 1 amide bonds. The molecule has 2 aromatic carbocycles. The third-order valence-electron chi connectivity index (χ3n) is 5.28. The monoisotopic (exact) mass is 392 g/mol. The number of carbonyl (C=O) groups excluding carboxylic acids is 1. The van der Waals surface area contributed by atoms with Gasteiger partial charge in [0.05, 0.1) is 18.8 Å². The summed E-state index contributed by atoms with van der Waals surface area (Å²) in [6.45, 7) is 2.65. The Morgan fingerprint density at radius 2 is 1.83 bits per heavy atom. The fourth-order valence-electron chi connectivity index (χ4n) is 3.67. The van der Waals surface area contributed by atoms with Crippen LogP contribution in [0.25, 0.3) is 5.69 Å². The Hall–Kier alpha value is -3.26. The van der Waals surface area contributed by atoms with E-state index in [0.29, 0.717) is 12.1 Å². The molecule has 0 spiro atoms. The Kier molecular flexibility index (Phi) is 5.81. The van der Waals surface area contributed by atoms with Gasteiger partial charge in [0.2, 0.25) is 0 Å². The molecule has 1 atom stereocenters. The van der Waals surface area contributed by atoms with Gasteiger partial charge < -0.3 is 10.1 Å². The summed E-state index contributed by atoms with van der Waals surface area (Å²) in [6, 6.07) is 15.5. The summed E-state index contributed by atoms with van der Waals surface area (Å²) in [5.41, 5.74) is 2.60. The number of ether oxygens (including phenoxy) is 1. The molecule has 8 heteroatoms. The van der Waals surface area contributed by atoms with Crippen LogP contribution in [-0.2, 0) is 0 Å². The second-order valence-corrected chi connectivity index (χ2v) is 7.04. The highest BCUT2D eigenvalue weighted by Gasteiger charge is 2.24. The summed E-state index contributed by atoms with van der Waals surface area (Å²) in [7, 11) is 1.66. The maximum absolute atomic E-state index is 12.7. The van der Waals surface area contributed by atoms with Gasteiger partial charge in [-0.1, -0.05) is 12.1 Å². The van der Waals surface area contributed by atoms with Crippen LogP contribution in [0.5, 0.6) is 5.75 Å². The minimum Gasteiger partial charge on any atom is -0.497 e. The maximum Gasteiger partial charge on any atom is 0.251 e. The zero-order valence-electron chi connectivity index (χ0n) is 16.4. The molecule has 1 aromatic heterocycles. The lowest BCUT2D eigenvalue weighted by atomic mass is 10.0. The molecule has 4 rings (SSSR count). The van der Waals surface area contributed by atoms with Gasteiger partial charge in [0.25, 0.3) is 5.91 Å². The average molecular weight is 392 g/mol. The van der Waals surface area contributed by atoms with Crippen molar-refractivity contribution in [1.82, 2.24) is 30.4 Å². The lowest BCUT2D eigenvalue weighted by molar-refractivity contribution is 0.0938. The normalized spacial score (nSPS) is 15.2. The molecule has 0 unspecified atom stereocenters. The summed E-state index contributed by atoms with van der Waals surface area (Å²) in [6.07, 6.45) is 3.91. The number of carbonyl (C=O) groups is 1. The molecule has 1 N–H and O–H groups in total. The lowest BCUT2D eigenvalue weighted by Gasteiger charge is -2.28. The number of methoxy groups -OCH3 is 1. The standard InChI is InChI=1S/C21H24N6O2/c1-29-19-10-6-16(7-11-19)20(26-12-2-3-13-26)14-22-21(28)17-4-8-18(9-5-17)27-15-23-24-25-27/h4-11,15,20H,2-3,12-14H2,1H3,(H,22,28)/t20-/m1/s1. The molecule has 0 aliphatic carbocycles. The van der Waals surface area contributed by atoms with Gasteiger partial charge in [-0.15, -0.1) is 5.10 Å². The predicted molar refractivity (Wildman–Crippen MR) is 108 cm³/mol. The fourth-order valence-corrected chi connectivity index (χ4v) is 3.67. The van der Waals surface area contributed by atoms with E-state index in [9.17, 15) is 4.79 Å². The molecular weight excluding hydrogens is 368 g/mol. The molecular formula is C21H24N6O2. The first kappa shape index (κ1) is 19.1. The summed E-state index contributed by atoms with van der Waals surface area (Å²) in [5.74, 6) is 0.742. The number of tetrazole rings is 1. The summed E-state index contributed by atoms with van der Waals surface area (Å²) in [4.78, 5) is 15.1. The molecule has 0 radical (unpaired) electrons. The van der Waals surface area contributed by atoms with Crippen LogP contribution < -0.4 is 10.1 Å². The topological polar surface area (TPSA) is 85.2 Å². The van der Waals surface area contributed by atoms with Gasteiger partial charge in [-0.2, -0.15) is 0 Å². The summed E-state index contributed by atoms with van der Waals surface area (Å²) < 4.78 is 6.82. The van der Waals surface area contributed by atoms with Gasteiger partial charge >= 0.3 is 0 Å². The molecule has 1 aliphatic heterocycles. The van der Waals surface area contributed by atoms with Crippen LogP contribution in [-0.4, -0.2) is 57.8 Å². The van der Waals surface area contributed by atoms with Crippen LogP contribution >= 0.6 is 0 Å². The van der Waals surface area contributed by atoms with E-state index in [-0.39, 0.29) is 11.9 Å². The van der Waals surface area contributed by atoms with Crippen molar-refractivity contribution < 1.29 is 9.53 Å². The maximum atomic E-state index is 12.7. The van der Waals surface area contributed by atoms with E-state index in [1.165, 1.54) is 24.7 Å². The zero-order valence-corrected chi connectivity index (χ0v) is 16.4. The number of benzene rings is 2. The molecule has 8 nitrogen and oxygen atoms in total. The zero-order chi connectivity index (χ0) is 20.1. The van der Waals surface area contributed by atoms with Crippen molar-refractivity contribution in [2.75, 3.05) is 26.7 Å². The molecule has 1 saturated heterocycles. The van der Waals surface area contributed by atoms with E-state index in [4.69, 9.17) is 4.74 Å². The Balaban J connectivity index is 1.44. The largest absolute Gasteiger partial charge is 0.497 e.